The van der Waals surface area contributed by atoms with Gasteiger partial charge in [-0.15, -0.1) is 0 Å². The van der Waals surface area contributed by atoms with E-state index in [1.807, 2.05) is 6.92 Å². The molecule has 176 valence electrons. The molecule has 0 spiro atoms. The number of nitro benzene ring substituents is 1. The molecular formula is C24H22N2O6S2. The molecule has 1 unspecified atom stereocenters. The number of benzene rings is 3. The van der Waals surface area contributed by atoms with Gasteiger partial charge < -0.3 is 0 Å². The molecule has 1 atom stereocenters. The van der Waals surface area contributed by atoms with Crippen LogP contribution in [0.5, 0.6) is 0 Å². The molecule has 10 heteroatoms. The van der Waals surface area contributed by atoms with Crippen LogP contribution in [0.4, 0.5) is 5.69 Å². The molecule has 0 aliphatic rings. The first-order valence-corrected chi connectivity index (χ1v) is 13.0. The smallest absolute Gasteiger partial charge is 0.258 e. The van der Waals surface area contributed by atoms with Crippen LogP contribution in [0, 0.1) is 17.0 Å². The van der Waals surface area contributed by atoms with Crippen LogP contribution < -0.4 is 4.72 Å². The highest BCUT2D eigenvalue weighted by Crippen LogP contribution is 2.33. The van der Waals surface area contributed by atoms with Crippen molar-refractivity contribution in [3.8, 4) is 0 Å². The minimum atomic E-state index is -4.18. The molecule has 34 heavy (non-hydrogen) atoms. The van der Waals surface area contributed by atoms with Crippen LogP contribution in [0.3, 0.4) is 0 Å². The van der Waals surface area contributed by atoms with Gasteiger partial charge in [-0.2, -0.15) is 4.72 Å². The molecule has 1 N–H and O–H groups in total. The number of hydrogen-bond donors (Lipinski definition) is 1. The predicted octanol–water partition coefficient (Wildman–Crippen LogP) is 4.47. The maximum absolute atomic E-state index is 13.6. The molecule has 0 amide bonds. The summed E-state index contributed by atoms with van der Waals surface area (Å²) in [5, 5.41) is 11.1. The maximum Gasteiger partial charge on any atom is 0.269 e. The molecule has 3 aromatic rings. The van der Waals surface area contributed by atoms with E-state index >= 15 is 0 Å². The Kier molecular flexibility index (Phi) is 7.45. The second-order valence-electron chi connectivity index (χ2n) is 7.34. The number of sulfonamides is 1. The lowest BCUT2D eigenvalue weighted by Gasteiger charge is -2.22. The lowest BCUT2D eigenvalue weighted by Crippen LogP contribution is -2.32. The summed E-state index contributed by atoms with van der Waals surface area (Å²) >= 11 is 0. The number of rotatable bonds is 9. The number of aryl methyl sites for hydroxylation is 1. The summed E-state index contributed by atoms with van der Waals surface area (Å²) < 4.78 is 55.9. The Hall–Kier alpha value is -3.60. The van der Waals surface area contributed by atoms with Crippen molar-refractivity contribution in [1.29, 1.82) is 0 Å². The Balaban J connectivity index is 2.19. The SMILES string of the molecule is C=C/C=C(\C(NS(=O)(=O)c1ccccc1)c1ccc([N+](=O)[O-])cc1)S(=O)(=O)c1ccc(C)cc1. The molecule has 0 aromatic heterocycles. The topological polar surface area (TPSA) is 123 Å². The van der Waals surface area contributed by atoms with Crippen molar-refractivity contribution in [3.05, 3.63) is 124 Å². The quantitative estimate of drug-likeness (QED) is 0.264. The number of non-ortho nitro benzene ring substituents is 1. The van der Waals surface area contributed by atoms with Crippen molar-refractivity contribution in [2.75, 3.05) is 0 Å². The molecular weight excluding hydrogens is 476 g/mol. The number of nitrogens with zero attached hydrogens (tertiary/aromatic N) is 1. The van der Waals surface area contributed by atoms with Crippen molar-refractivity contribution in [1.82, 2.24) is 4.72 Å². The van der Waals surface area contributed by atoms with E-state index < -0.39 is 30.8 Å². The number of nitrogens with one attached hydrogen (secondary N) is 1. The molecule has 8 nitrogen and oxygen atoms in total. The van der Waals surface area contributed by atoms with Crippen molar-refractivity contribution in [2.24, 2.45) is 0 Å². The van der Waals surface area contributed by atoms with E-state index in [4.69, 9.17) is 0 Å². The van der Waals surface area contributed by atoms with Gasteiger partial charge in [0, 0.05) is 12.1 Å². The minimum Gasteiger partial charge on any atom is -0.258 e. The van der Waals surface area contributed by atoms with Gasteiger partial charge in [0.2, 0.25) is 19.9 Å². The van der Waals surface area contributed by atoms with E-state index in [0.717, 1.165) is 5.56 Å². The predicted molar refractivity (Wildman–Crippen MR) is 129 cm³/mol. The van der Waals surface area contributed by atoms with E-state index in [1.165, 1.54) is 60.7 Å². The number of hydrogen-bond acceptors (Lipinski definition) is 6. The largest absolute Gasteiger partial charge is 0.269 e. The van der Waals surface area contributed by atoms with Gasteiger partial charge in [0.25, 0.3) is 5.69 Å². The first-order valence-electron chi connectivity index (χ1n) is 10.0. The molecule has 3 aromatic carbocycles. The molecule has 3 rings (SSSR count). The lowest BCUT2D eigenvalue weighted by molar-refractivity contribution is -0.384. The fourth-order valence-electron chi connectivity index (χ4n) is 3.21. The first kappa shape index (κ1) is 25.0. The van der Waals surface area contributed by atoms with Crippen molar-refractivity contribution < 1.29 is 21.8 Å². The molecule has 0 aliphatic carbocycles. The van der Waals surface area contributed by atoms with Crippen LogP contribution in [0.1, 0.15) is 17.2 Å². The zero-order chi connectivity index (χ0) is 24.9. The molecule has 0 aliphatic heterocycles. The normalized spacial score (nSPS) is 13.3. The Morgan fingerprint density at radius 3 is 2.03 bits per heavy atom. The van der Waals surface area contributed by atoms with Gasteiger partial charge >= 0.3 is 0 Å². The van der Waals surface area contributed by atoms with Crippen molar-refractivity contribution in [3.63, 3.8) is 0 Å². The Morgan fingerprint density at radius 2 is 1.50 bits per heavy atom. The van der Waals surface area contributed by atoms with E-state index in [9.17, 15) is 26.9 Å². The van der Waals surface area contributed by atoms with Gasteiger partial charge in [0.1, 0.15) is 0 Å². The Morgan fingerprint density at radius 1 is 0.912 bits per heavy atom. The third-order valence-electron chi connectivity index (χ3n) is 4.97. The van der Waals surface area contributed by atoms with E-state index in [2.05, 4.69) is 11.3 Å². The second-order valence-corrected chi connectivity index (χ2v) is 11.0. The Bertz CT molecular complexity index is 1430. The van der Waals surface area contributed by atoms with Crippen molar-refractivity contribution in [2.45, 2.75) is 22.8 Å². The van der Waals surface area contributed by atoms with Crippen LogP contribution in [0.25, 0.3) is 0 Å². The third-order valence-corrected chi connectivity index (χ3v) is 8.30. The highest BCUT2D eigenvalue weighted by atomic mass is 32.2. The van der Waals surface area contributed by atoms with E-state index in [0.29, 0.717) is 0 Å². The van der Waals surface area contributed by atoms with Gasteiger partial charge in [0.15, 0.2) is 0 Å². The summed E-state index contributed by atoms with van der Waals surface area (Å²) in [4.78, 5) is 10.1. The summed E-state index contributed by atoms with van der Waals surface area (Å²) in [6.07, 6.45) is 2.46. The number of allylic oxidation sites excluding steroid dienone is 2. The zero-order valence-corrected chi connectivity index (χ0v) is 19.8. The van der Waals surface area contributed by atoms with Crippen molar-refractivity contribution >= 4 is 25.5 Å². The average Bonchev–Trinajstić information content (AvgIpc) is 2.82. The van der Waals surface area contributed by atoms with Crippen LogP contribution >= 0.6 is 0 Å². The Labute approximate surface area is 198 Å². The van der Waals surface area contributed by atoms with Gasteiger partial charge in [0.05, 0.1) is 25.7 Å². The van der Waals surface area contributed by atoms with Crippen LogP contribution in [0.2, 0.25) is 0 Å². The average molecular weight is 499 g/mol. The summed E-state index contributed by atoms with van der Waals surface area (Å²) in [5.74, 6) is 0. The molecule has 0 saturated heterocycles. The van der Waals surface area contributed by atoms with Crippen LogP contribution in [-0.4, -0.2) is 21.8 Å². The molecule has 0 bridgehead atoms. The fourth-order valence-corrected chi connectivity index (χ4v) is 6.06. The minimum absolute atomic E-state index is 0.0305. The number of nitro groups is 1. The number of sulfone groups is 1. The van der Waals surface area contributed by atoms with E-state index in [-0.39, 0.29) is 25.9 Å². The monoisotopic (exact) mass is 498 g/mol. The van der Waals surface area contributed by atoms with Crippen LogP contribution in [0.15, 0.2) is 112 Å². The summed E-state index contributed by atoms with van der Waals surface area (Å²) in [6, 6.07) is 17.2. The highest BCUT2D eigenvalue weighted by molar-refractivity contribution is 7.95. The summed E-state index contributed by atoms with van der Waals surface area (Å²) in [7, 11) is -8.35. The van der Waals surface area contributed by atoms with Gasteiger partial charge in [-0.05, 0) is 42.8 Å². The molecule has 0 radical (unpaired) electrons. The maximum atomic E-state index is 13.6. The molecule has 0 fully saturated rings. The van der Waals surface area contributed by atoms with Gasteiger partial charge in [-0.3, -0.25) is 10.1 Å². The van der Waals surface area contributed by atoms with E-state index in [1.54, 1.807) is 30.3 Å². The fraction of sp³-hybridized carbons (Fsp3) is 0.0833. The second kappa shape index (κ2) is 10.1. The van der Waals surface area contributed by atoms with Gasteiger partial charge in [-0.25, -0.2) is 16.8 Å². The summed E-state index contributed by atoms with van der Waals surface area (Å²) in [6.45, 7) is 5.39. The first-order chi connectivity index (χ1) is 16.1. The lowest BCUT2D eigenvalue weighted by atomic mass is 10.1. The zero-order valence-electron chi connectivity index (χ0n) is 18.2. The highest BCUT2D eigenvalue weighted by Gasteiger charge is 2.33. The van der Waals surface area contributed by atoms with Crippen LogP contribution in [-0.2, 0) is 19.9 Å². The van der Waals surface area contributed by atoms with Gasteiger partial charge in [-0.1, -0.05) is 60.7 Å². The molecule has 0 saturated carbocycles. The standard InChI is InChI=1S/C24H22N2O6S2/c1-3-7-23(33(29,30)21-16-10-18(2)11-17-21)24(19-12-14-20(15-13-19)26(27)28)25-34(31,32)22-8-5-4-6-9-22/h3-17,24-25H,1H2,2H3/b23-7+. The summed E-state index contributed by atoms with van der Waals surface area (Å²) in [5.41, 5.74) is 0.836. The molecule has 0 heterocycles. The third kappa shape index (κ3) is 5.48.